The maximum atomic E-state index is 12.4. The number of carbonyl (C=O) groups is 1. The molecule has 0 unspecified atom stereocenters. The van der Waals surface area contributed by atoms with Crippen molar-refractivity contribution in [3.8, 4) is 0 Å². The van der Waals surface area contributed by atoms with Gasteiger partial charge >= 0.3 is 0 Å². The summed E-state index contributed by atoms with van der Waals surface area (Å²) >= 11 is 0. The van der Waals surface area contributed by atoms with E-state index in [9.17, 15) is 13.2 Å². The second-order valence-electron chi connectivity index (χ2n) is 6.79. The molecular formula is C18H23N2O4S+. The molecule has 0 spiro atoms. The second-order valence-corrected chi connectivity index (χ2v) is 8.98. The van der Waals surface area contributed by atoms with E-state index < -0.39 is 15.4 Å². The normalized spacial score (nSPS) is 23.2. The number of nitrogens with two attached hydrogens (primary N) is 1. The minimum Gasteiger partial charge on any atom is -0.463 e. The highest BCUT2D eigenvalue weighted by atomic mass is 32.2. The lowest BCUT2D eigenvalue weighted by atomic mass is 10.0. The second kappa shape index (κ2) is 7.01. The van der Waals surface area contributed by atoms with E-state index in [1.54, 1.807) is 13.2 Å². The van der Waals surface area contributed by atoms with Gasteiger partial charge in [-0.3, -0.25) is 4.79 Å². The predicted octanol–water partition coefficient (Wildman–Crippen LogP) is 0.626. The van der Waals surface area contributed by atoms with Crippen molar-refractivity contribution in [3.63, 3.8) is 0 Å². The summed E-state index contributed by atoms with van der Waals surface area (Å²) in [6.45, 7) is 1.98. The van der Waals surface area contributed by atoms with E-state index in [1.807, 2.05) is 47.8 Å². The Bertz CT molecular complexity index is 818. The van der Waals surface area contributed by atoms with Gasteiger partial charge in [0, 0.05) is 5.56 Å². The van der Waals surface area contributed by atoms with Crippen LogP contribution in [0.4, 0.5) is 0 Å². The van der Waals surface area contributed by atoms with Crippen LogP contribution in [0.15, 0.2) is 53.1 Å². The Kier molecular flexibility index (Phi) is 4.96. The lowest BCUT2D eigenvalue weighted by Gasteiger charge is -2.24. The smallest absolute Gasteiger partial charge is 0.275 e. The fraction of sp³-hybridized carbons (Fsp3) is 0.389. The molecule has 2 atom stereocenters. The molecule has 3 rings (SSSR count). The Balaban J connectivity index is 1.65. The lowest BCUT2D eigenvalue weighted by Crippen LogP contribution is -2.88. The standard InChI is InChI=1S/C18H22N2O4S/c1-18(9-11-25(22,23)13-18)20-16(21)12-19-17(15-8-5-10-24-15)14-6-3-2-4-7-14/h2-8,10,17,19H,9,11-13H2,1H3,(H,20,21)/p+1/t17-,18+/m0/s1. The van der Waals surface area contributed by atoms with Crippen molar-refractivity contribution in [3.05, 3.63) is 60.1 Å². The molecule has 0 aliphatic carbocycles. The van der Waals surface area contributed by atoms with Gasteiger partial charge in [-0.2, -0.15) is 0 Å². The first-order valence-corrected chi connectivity index (χ1v) is 10.1. The number of hydrogen-bond donors (Lipinski definition) is 2. The van der Waals surface area contributed by atoms with Crippen LogP contribution in [0.5, 0.6) is 0 Å². The van der Waals surface area contributed by atoms with Gasteiger partial charge < -0.3 is 15.1 Å². The Morgan fingerprint density at radius 1 is 1.28 bits per heavy atom. The van der Waals surface area contributed by atoms with Crippen LogP contribution in [0.1, 0.15) is 30.7 Å². The van der Waals surface area contributed by atoms with Crippen LogP contribution >= 0.6 is 0 Å². The van der Waals surface area contributed by atoms with E-state index in [1.165, 1.54) is 0 Å². The molecule has 1 aromatic heterocycles. The number of sulfone groups is 1. The average Bonchev–Trinajstić information content (AvgIpc) is 3.17. The van der Waals surface area contributed by atoms with Crippen LogP contribution in [0.25, 0.3) is 0 Å². The number of furan rings is 1. The van der Waals surface area contributed by atoms with Crippen molar-refractivity contribution in [2.75, 3.05) is 18.1 Å². The predicted molar refractivity (Wildman–Crippen MR) is 93.6 cm³/mol. The van der Waals surface area contributed by atoms with Crippen molar-refractivity contribution in [2.45, 2.75) is 24.9 Å². The third-order valence-corrected chi connectivity index (χ3v) is 6.39. The van der Waals surface area contributed by atoms with E-state index in [0.717, 1.165) is 11.3 Å². The first kappa shape index (κ1) is 17.7. The lowest BCUT2D eigenvalue weighted by molar-refractivity contribution is -0.678. The van der Waals surface area contributed by atoms with Crippen LogP contribution in [0.3, 0.4) is 0 Å². The summed E-state index contributed by atoms with van der Waals surface area (Å²) in [6.07, 6.45) is 2.07. The molecule has 2 heterocycles. The van der Waals surface area contributed by atoms with Crippen LogP contribution in [0, 0.1) is 0 Å². The topological polar surface area (TPSA) is 93.0 Å². The molecule has 1 aromatic carbocycles. The fourth-order valence-corrected chi connectivity index (χ4v) is 5.36. The fourth-order valence-electron chi connectivity index (χ4n) is 3.27. The van der Waals surface area contributed by atoms with Gasteiger partial charge in [0.2, 0.25) is 0 Å². The molecule has 0 radical (unpaired) electrons. The van der Waals surface area contributed by atoms with Crippen molar-refractivity contribution in [1.29, 1.82) is 0 Å². The van der Waals surface area contributed by atoms with Gasteiger partial charge in [0.05, 0.1) is 23.3 Å². The highest BCUT2D eigenvalue weighted by molar-refractivity contribution is 7.91. The van der Waals surface area contributed by atoms with Gasteiger partial charge in [0.25, 0.3) is 5.91 Å². The largest absolute Gasteiger partial charge is 0.463 e. The molecule has 0 bridgehead atoms. The van der Waals surface area contributed by atoms with Gasteiger partial charge in [0.15, 0.2) is 28.2 Å². The summed E-state index contributed by atoms with van der Waals surface area (Å²) in [5, 5.41) is 4.78. The summed E-state index contributed by atoms with van der Waals surface area (Å²) < 4.78 is 28.8. The van der Waals surface area contributed by atoms with E-state index >= 15 is 0 Å². The molecule has 1 aliphatic rings. The Hall–Kier alpha value is -2.12. The van der Waals surface area contributed by atoms with Gasteiger partial charge in [-0.25, -0.2) is 8.42 Å². The summed E-state index contributed by atoms with van der Waals surface area (Å²) in [7, 11) is -3.05. The number of amides is 1. The van der Waals surface area contributed by atoms with E-state index in [4.69, 9.17) is 4.42 Å². The number of rotatable bonds is 6. The Morgan fingerprint density at radius 2 is 2.04 bits per heavy atom. The Labute approximate surface area is 147 Å². The number of benzene rings is 1. The number of hydrogen-bond acceptors (Lipinski definition) is 4. The van der Waals surface area contributed by atoms with Gasteiger partial charge in [-0.15, -0.1) is 0 Å². The molecule has 3 N–H and O–H groups in total. The van der Waals surface area contributed by atoms with Crippen molar-refractivity contribution in [2.24, 2.45) is 0 Å². The van der Waals surface area contributed by atoms with Crippen LogP contribution in [-0.2, 0) is 14.6 Å². The zero-order chi connectivity index (χ0) is 17.9. The molecule has 7 heteroatoms. The SMILES string of the molecule is C[C@@]1(NC(=O)C[NH2+][C@@H](c2ccccc2)c2ccco2)CCS(=O)(=O)C1. The minimum absolute atomic E-state index is 0.00599. The zero-order valence-electron chi connectivity index (χ0n) is 14.1. The maximum Gasteiger partial charge on any atom is 0.275 e. The summed E-state index contributed by atoms with van der Waals surface area (Å²) in [4.78, 5) is 12.4. The molecule has 25 heavy (non-hydrogen) atoms. The highest BCUT2D eigenvalue weighted by Gasteiger charge is 2.39. The molecule has 1 fully saturated rings. The van der Waals surface area contributed by atoms with E-state index in [2.05, 4.69) is 5.32 Å². The summed E-state index contributed by atoms with van der Waals surface area (Å²) in [5.74, 6) is 0.735. The zero-order valence-corrected chi connectivity index (χ0v) is 15.0. The third-order valence-electron chi connectivity index (χ3n) is 4.49. The van der Waals surface area contributed by atoms with Crippen molar-refractivity contribution in [1.82, 2.24) is 5.32 Å². The van der Waals surface area contributed by atoms with Gasteiger partial charge in [-0.1, -0.05) is 30.3 Å². The number of nitrogens with one attached hydrogen (secondary N) is 1. The van der Waals surface area contributed by atoms with Crippen LogP contribution < -0.4 is 10.6 Å². The molecule has 134 valence electrons. The molecular weight excluding hydrogens is 340 g/mol. The monoisotopic (exact) mass is 363 g/mol. The third kappa shape index (κ3) is 4.49. The quantitative estimate of drug-likeness (QED) is 0.787. The van der Waals surface area contributed by atoms with Gasteiger partial charge in [0.1, 0.15) is 0 Å². The highest BCUT2D eigenvalue weighted by Crippen LogP contribution is 2.22. The maximum absolute atomic E-state index is 12.4. The van der Waals surface area contributed by atoms with Crippen LogP contribution in [0.2, 0.25) is 0 Å². The van der Waals surface area contributed by atoms with Gasteiger partial charge in [-0.05, 0) is 25.5 Å². The molecule has 1 aliphatic heterocycles. The van der Waals surface area contributed by atoms with E-state index in [0.29, 0.717) is 6.42 Å². The molecule has 1 amide bonds. The molecule has 2 aromatic rings. The van der Waals surface area contributed by atoms with E-state index in [-0.39, 0.29) is 30.0 Å². The molecule has 0 saturated carbocycles. The Morgan fingerprint density at radius 3 is 2.64 bits per heavy atom. The van der Waals surface area contributed by atoms with Crippen molar-refractivity contribution < 1.29 is 22.9 Å². The van der Waals surface area contributed by atoms with Crippen molar-refractivity contribution >= 4 is 15.7 Å². The first-order chi connectivity index (χ1) is 11.9. The molecule has 6 nitrogen and oxygen atoms in total. The number of carbonyl (C=O) groups excluding carboxylic acids is 1. The average molecular weight is 363 g/mol. The summed E-state index contributed by atoms with van der Waals surface area (Å²) in [5.41, 5.74) is 0.372. The minimum atomic E-state index is -3.05. The molecule has 1 saturated heterocycles. The number of quaternary nitrogens is 1. The first-order valence-electron chi connectivity index (χ1n) is 8.30. The summed E-state index contributed by atoms with van der Waals surface area (Å²) in [6, 6.07) is 13.4. The van der Waals surface area contributed by atoms with Crippen LogP contribution in [-0.4, -0.2) is 37.9 Å².